The van der Waals surface area contributed by atoms with Gasteiger partial charge in [0.05, 0.1) is 10.7 Å². The number of hydrogen-bond donors (Lipinski definition) is 1. The second-order valence-corrected chi connectivity index (χ2v) is 6.67. The van der Waals surface area contributed by atoms with E-state index >= 15 is 0 Å². The molecule has 1 N–H and O–H groups in total. The molecule has 1 aromatic carbocycles. The second-order valence-electron chi connectivity index (χ2n) is 6.26. The Bertz CT molecular complexity index is 749. The molecule has 1 aliphatic heterocycles. The molecule has 2 heterocycles. The number of aromatic carboxylic acids is 1. The van der Waals surface area contributed by atoms with Gasteiger partial charge in [0.15, 0.2) is 0 Å². The summed E-state index contributed by atoms with van der Waals surface area (Å²) in [6.45, 7) is 6.37. The van der Waals surface area contributed by atoms with Gasteiger partial charge in [0, 0.05) is 46.0 Å². The van der Waals surface area contributed by atoms with Crippen LogP contribution in [0.4, 0.5) is 5.69 Å². The van der Waals surface area contributed by atoms with Crippen LogP contribution in [0.1, 0.15) is 21.6 Å². The first-order valence-electron chi connectivity index (χ1n) is 8.07. The van der Waals surface area contributed by atoms with Crippen molar-refractivity contribution < 1.29 is 9.90 Å². The van der Waals surface area contributed by atoms with Gasteiger partial charge in [-0.15, -0.1) is 0 Å². The number of hydrogen-bond acceptors (Lipinski definition) is 3. The molecule has 128 valence electrons. The minimum Gasteiger partial charge on any atom is -0.477 e. The lowest BCUT2D eigenvalue weighted by atomic mass is 10.1. The first kappa shape index (κ1) is 16.9. The molecule has 1 fully saturated rings. The number of aromatic nitrogens is 1. The van der Waals surface area contributed by atoms with Crippen molar-refractivity contribution in [3.63, 3.8) is 0 Å². The summed E-state index contributed by atoms with van der Waals surface area (Å²) in [6.07, 6.45) is 1.93. The third-order valence-electron chi connectivity index (χ3n) is 4.70. The third-order valence-corrected chi connectivity index (χ3v) is 5.02. The summed E-state index contributed by atoms with van der Waals surface area (Å²) in [5, 5.41) is 10.1. The Hall–Kier alpha value is -1.98. The van der Waals surface area contributed by atoms with Crippen LogP contribution in [0.3, 0.4) is 0 Å². The molecule has 0 aliphatic carbocycles. The summed E-state index contributed by atoms with van der Waals surface area (Å²) in [6, 6.07) is 7.93. The van der Waals surface area contributed by atoms with Crippen molar-refractivity contribution >= 4 is 23.3 Å². The minimum atomic E-state index is -0.871. The molecule has 0 radical (unpaired) electrons. The Kier molecular flexibility index (Phi) is 4.83. The van der Waals surface area contributed by atoms with Crippen LogP contribution in [0.15, 0.2) is 30.5 Å². The van der Waals surface area contributed by atoms with E-state index in [0.29, 0.717) is 5.69 Å². The molecule has 1 saturated heterocycles. The van der Waals surface area contributed by atoms with E-state index in [1.807, 2.05) is 31.3 Å². The van der Waals surface area contributed by atoms with Crippen LogP contribution in [-0.2, 0) is 13.6 Å². The van der Waals surface area contributed by atoms with Gasteiger partial charge in [-0.2, -0.15) is 0 Å². The Morgan fingerprint density at radius 3 is 2.46 bits per heavy atom. The standard InChI is InChI=1S/C18H22ClN3O2/c1-13-14(11-20(2)17(13)18(23)24)12-21-7-9-22(10-8-21)16-6-4-3-5-15(16)19/h3-6,11H,7-10,12H2,1-2H3,(H,23,24). The SMILES string of the molecule is Cc1c(CN2CCN(c3ccccc3Cl)CC2)cn(C)c1C(=O)O. The van der Waals surface area contributed by atoms with Crippen molar-refractivity contribution in [2.75, 3.05) is 31.1 Å². The highest BCUT2D eigenvalue weighted by Gasteiger charge is 2.22. The normalized spacial score (nSPS) is 15.7. The van der Waals surface area contributed by atoms with Crippen LogP contribution in [0.25, 0.3) is 0 Å². The van der Waals surface area contributed by atoms with E-state index in [9.17, 15) is 9.90 Å². The van der Waals surface area contributed by atoms with Gasteiger partial charge in [-0.3, -0.25) is 4.90 Å². The summed E-state index contributed by atoms with van der Waals surface area (Å²) in [5.74, 6) is -0.871. The molecule has 0 amide bonds. The van der Waals surface area contributed by atoms with Crippen molar-refractivity contribution in [3.05, 3.63) is 52.3 Å². The predicted octanol–water partition coefficient (Wildman–Crippen LogP) is 3.01. The van der Waals surface area contributed by atoms with E-state index < -0.39 is 5.97 Å². The highest BCUT2D eigenvalue weighted by atomic mass is 35.5. The maximum absolute atomic E-state index is 11.3. The fourth-order valence-electron chi connectivity index (χ4n) is 3.38. The van der Waals surface area contributed by atoms with E-state index in [-0.39, 0.29) is 0 Å². The number of carbonyl (C=O) groups is 1. The summed E-state index contributed by atoms with van der Waals surface area (Å²) in [7, 11) is 1.79. The van der Waals surface area contributed by atoms with Gasteiger partial charge < -0.3 is 14.6 Å². The maximum atomic E-state index is 11.3. The average Bonchev–Trinajstić information content (AvgIpc) is 2.83. The number of rotatable bonds is 4. The van der Waals surface area contributed by atoms with Gasteiger partial charge >= 0.3 is 5.97 Å². The number of para-hydroxylation sites is 1. The van der Waals surface area contributed by atoms with Gasteiger partial charge in [0.25, 0.3) is 0 Å². The van der Waals surface area contributed by atoms with Crippen molar-refractivity contribution in [3.8, 4) is 0 Å². The lowest BCUT2D eigenvalue weighted by Crippen LogP contribution is -2.46. The zero-order valence-electron chi connectivity index (χ0n) is 14.0. The number of nitrogens with zero attached hydrogens (tertiary/aromatic N) is 3. The van der Waals surface area contributed by atoms with Gasteiger partial charge in [0.2, 0.25) is 0 Å². The molecule has 1 aromatic heterocycles. The Balaban J connectivity index is 1.65. The first-order valence-corrected chi connectivity index (χ1v) is 8.45. The Morgan fingerprint density at radius 2 is 1.88 bits per heavy atom. The highest BCUT2D eigenvalue weighted by Crippen LogP contribution is 2.26. The minimum absolute atomic E-state index is 0.375. The second kappa shape index (κ2) is 6.87. The largest absolute Gasteiger partial charge is 0.477 e. The molecule has 5 nitrogen and oxygen atoms in total. The quantitative estimate of drug-likeness (QED) is 0.923. The van der Waals surface area contributed by atoms with E-state index in [4.69, 9.17) is 11.6 Å². The summed E-state index contributed by atoms with van der Waals surface area (Å²) < 4.78 is 1.70. The average molecular weight is 348 g/mol. The molecule has 1 aliphatic rings. The molecule has 0 atom stereocenters. The van der Waals surface area contributed by atoms with E-state index in [1.165, 1.54) is 0 Å². The summed E-state index contributed by atoms with van der Waals surface area (Å²) in [5.41, 5.74) is 3.40. The molecule has 0 bridgehead atoms. The fraction of sp³-hybridized carbons (Fsp3) is 0.389. The van der Waals surface area contributed by atoms with Gasteiger partial charge in [-0.25, -0.2) is 4.79 Å². The molecule has 6 heteroatoms. The third kappa shape index (κ3) is 3.28. The smallest absolute Gasteiger partial charge is 0.352 e. The molecule has 3 rings (SSSR count). The van der Waals surface area contributed by atoms with E-state index in [0.717, 1.165) is 54.6 Å². The van der Waals surface area contributed by atoms with Crippen LogP contribution in [0.5, 0.6) is 0 Å². The van der Waals surface area contributed by atoms with Crippen LogP contribution in [0.2, 0.25) is 5.02 Å². The van der Waals surface area contributed by atoms with Crippen LogP contribution in [-0.4, -0.2) is 46.7 Å². The van der Waals surface area contributed by atoms with Crippen LogP contribution < -0.4 is 4.90 Å². The molecule has 0 unspecified atom stereocenters. The zero-order chi connectivity index (χ0) is 17.3. The Morgan fingerprint density at radius 1 is 1.21 bits per heavy atom. The van der Waals surface area contributed by atoms with Crippen LogP contribution >= 0.6 is 11.6 Å². The number of carboxylic acid groups (broad SMARTS) is 1. The lowest BCUT2D eigenvalue weighted by molar-refractivity contribution is 0.0685. The van der Waals surface area contributed by atoms with Crippen molar-refractivity contribution in [1.82, 2.24) is 9.47 Å². The number of anilines is 1. The summed E-state index contributed by atoms with van der Waals surface area (Å²) >= 11 is 6.28. The number of benzene rings is 1. The summed E-state index contributed by atoms with van der Waals surface area (Å²) in [4.78, 5) is 16.0. The van der Waals surface area contributed by atoms with Crippen molar-refractivity contribution in [1.29, 1.82) is 0 Å². The van der Waals surface area contributed by atoms with Crippen LogP contribution in [0, 0.1) is 6.92 Å². The molecule has 24 heavy (non-hydrogen) atoms. The molecule has 0 saturated carbocycles. The lowest BCUT2D eigenvalue weighted by Gasteiger charge is -2.36. The highest BCUT2D eigenvalue weighted by molar-refractivity contribution is 6.33. The maximum Gasteiger partial charge on any atom is 0.352 e. The van der Waals surface area contributed by atoms with Gasteiger partial charge in [0.1, 0.15) is 5.69 Å². The zero-order valence-corrected chi connectivity index (χ0v) is 14.8. The monoisotopic (exact) mass is 347 g/mol. The number of carboxylic acids is 1. The fourth-order valence-corrected chi connectivity index (χ4v) is 3.63. The topological polar surface area (TPSA) is 48.7 Å². The number of halogens is 1. The van der Waals surface area contributed by atoms with Gasteiger partial charge in [-0.1, -0.05) is 23.7 Å². The predicted molar refractivity (Wildman–Crippen MR) is 96.1 cm³/mol. The van der Waals surface area contributed by atoms with Crippen molar-refractivity contribution in [2.45, 2.75) is 13.5 Å². The molecule has 2 aromatic rings. The van der Waals surface area contributed by atoms with E-state index in [1.54, 1.807) is 11.6 Å². The van der Waals surface area contributed by atoms with Gasteiger partial charge in [-0.05, 0) is 30.2 Å². The Labute approximate surface area is 147 Å². The van der Waals surface area contributed by atoms with E-state index in [2.05, 4.69) is 15.9 Å². The molecule has 0 spiro atoms. The first-order chi connectivity index (χ1) is 11.5. The molecular formula is C18H22ClN3O2. The molecular weight excluding hydrogens is 326 g/mol. The number of piperazine rings is 1. The van der Waals surface area contributed by atoms with Crippen molar-refractivity contribution in [2.24, 2.45) is 7.05 Å². The number of aryl methyl sites for hydroxylation is 1.